The van der Waals surface area contributed by atoms with Crippen LogP contribution in [-0.4, -0.2) is 78.0 Å². The Morgan fingerprint density at radius 1 is 1.46 bits per heavy atom. The summed E-state index contributed by atoms with van der Waals surface area (Å²) in [6.45, 7) is 2.54. The van der Waals surface area contributed by atoms with Gasteiger partial charge in [-0.25, -0.2) is 0 Å². The number of aromatic nitrogens is 2. The van der Waals surface area contributed by atoms with Crippen LogP contribution in [0.4, 0.5) is 5.82 Å². The summed E-state index contributed by atoms with van der Waals surface area (Å²) in [6.07, 6.45) is 6.46. The van der Waals surface area contributed by atoms with E-state index in [1.54, 1.807) is 29.1 Å². The Hall–Kier alpha value is -2.03. The van der Waals surface area contributed by atoms with E-state index >= 15 is 0 Å². The molecule has 144 valence electrons. The zero-order valence-corrected chi connectivity index (χ0v) is 16.6. The summed E-state index contributed by atoms with van der Waals surface area (Å²) in [4.78, 5) is 36.3. The maximum absolute atomic E-state index is 12.7. The predicted molar refractivity (Wildman–Crippen MR) is 103 cm³/mol. The van der Waals surface area contributed by atoms with Gasteiger partial charge in [0, 0.05) is 34.0 Å². The third-order valence-electron chi connectivity index (χ3n) is 4.09. The number of hydrogen-bond acceptors (Lipinski definition) is 7. The molecule has 0 aliphatic carbocycles. The standard InChI is InChI=1S/C17H27N5O3S/c1-12(23)19-14(6-8-26-4)17(24)22-7-5-13(11-22)25-16-10-18-9-15(20-16)21(2)3/h9-10,13-14H,5-8,11H2,1-4H3,(H,19,23)/t13-,14-/m1/s1. The Kier molecular flexibility index (Phi) is 7.50. The number of carbonyl (C=O) groups excluding carboxylic acids is 2. The van der Waals surface area contributed by atoms with Crippen LogP contribution in [0.25, 0.3) is 0 Å². The molecular weight excluding hydrogens is 354 g/mol. The number of rotatable bonds is 8. The minimum absolute atomic E-state index is 0.0477. The zero-order valence-electron chi connectivity index (χ0n) is 15.8. The maximum atomic E-state index is 12.7. The van der Waals surface area contributed by atoms with Gasteiger partial charge in [-0.1, -0.05) is 0 Å². The summed E-state index contributed by atoms with van der Waals surface area (Å²) in [5.74, 6) is 1.75. The second-order valence-electron chi connectivity index (χ2n) is 6.46. The fourth-order valence-corrected chi connectivity index (χ4v) is 3.24. The van der Waals surface area contributed by atoms with Crippen molar-refractivity contribution >= 4 is 29.4 Å². The van der Waals surface area contributed by atoms with E-state index in [0.717, 1.165) is 18.0 Å². The highest BCUT2D eigenvalue weighted by Crippen LogP contribution is 2.19. The summed E-state index contributed by atoms with van der Waals surface area (Å²) in [5.41, 5.74) is 0. The number of likely N-dealkylation sites (tertiary alicyclic amines) is 1. The van der Waals surface area contributed by atoms with Crippen molar-refractivity contribution in [2.75, 3.05) is 44.1 Å². The van der Waals surface area contributed by atoms with Crippen molar-refractivity contribution in [1.29, 1.82) is 0 Å². The molecule has 1 aromatic heterocycles. The number of anilines is 1. The lowest BCUT2D eigenvalue weighted by atomic mass is 10.2. The van der Waals surface area contributed by atoms with Crippen LogP contribution in [0.1, 0.15) is 19.8 Å². The van der Waals surface area contributed by atoms with Crippen LogP contribution >= 0.6 is 11.8 Å². The first-order valence-corrected chi connectivity index (χ1v) is 10.0. The molecule has 2 atom stereocenters. The number of thioether (sulfide) groups is 1. The van der Waals surface area contributed by atoms with Crippen molar-refractivity contribution in [2.45, 2.75) is 31.9 Å². The van der Waals surface area contributed by atoms with E-state index in [1.165, 1.54) is 6.92 Å². The van der Waals surface area contributed by atoms with Crippen LogP contribution in [0, 0.1) is 0 Å². The van der Waals surface area contributed by atoms with Crippen LogP contribution in [0.3, 0.4) is 0 Å². The Morgan fingerprint density at radius 2 is 2.23 bits per heavy atom. The molecule has 1 N–H and O–H groups in total. The van der Waals surface area contributed by atoms with Gasteiger partial charge in [0.15, 0.2) is 5.82 Å². The number of carbonyl (C=O) groups is 2. The van der Waals surface area contributed by atoms with Crippen LogP contribution in [0.2, 0.25) is 0 Å². The van der Waals surface area contributed by atoms with Gasteiger partial charge in [-0.3, -0.25) is 14.6 Å². The van der Waals surface area contributed by atoms with Crippen LogP contribution in [-0.2, 0) is 9.59 Å². The Labute approximate surface area is 158 Å². The fraction of sp³-hybridized carbons (Fsp3) is 0.647. The summed E-state index contributed by atoms with van der Waals surface area (Å²) < 4.78 is 5.90. The molecular formula is C17H27N5O3S. The van der Waals surface area contributed by atoms with Crippen molar-refractivity contribution < 1.29 is 14.3 Å². The molecule has 0 bridgehead atoms. The molecule has 0 spiro atoms. The van der Waals surface area contributed by atoms with Crippen LogP contribution in [0.15, 0.2) is 12.4 Å². The molecule has 2 heterocycles. The summed E-state index contributed by atoms with van der Waals surface area (Å²) >= 11 is 1.66. The van der Waals surface area contributed by atoms with Gasteiger partial charge in [-0.2, -0.15) is 16.7 Å². The van der Waals surface area contributed by atoms with Crippen molar-refractivity contribution in [2.24, 2.45) is 0 Å². The highest BCUT2D eigenvalue weighted by atomic mass is 32.2. The van der Waals surface area contributed by atoms with Crippen LogP contribution in [0.5, 0.6) is 5.88 Å². The molecule has 8 nitrogen and oxygen atoms in total. The molecule has 1 aliphatic rings. The minimum atomic E-state index is -0.476. The minimum Gasteiger partial charge on any atom is -0.471 e. The third-order valence-corrected chi connectivity index (χ3v) is 4.73. The molecule has 26 heavy (non-hydrogen) atoms. The van der Waals surface area contributed by atoms with Crippen molar-refractivity contribution in [1.82, 2.24) is 20.2 Å². The van der Waals surface area contributed by atoms with Gasteiger partial charge in [0.1, 0.15) is 12.1 Å². The Bertz CT molecular complexity index is 628. The van der Waals surface area contributed by atoms with Gasteiger partial charge in [-0.05, 0) is 18.4 Å². The molecule has 0 saturated carbocycles. The van der Waals surface area contributed by atoms with Crippen molar-refractivity contribution in [3.63, 3.8) is 0 Å². The maximum Gasteiger partial charge on any atom is 0.245 e. The molecule has 0 aromatic carbocycles. The highest BCUT2D eigenvalue weighted by Gasteiger charge is 2.32. The summed E-state index contributed by atoms with van der Waals surface area (Å²) in [6, 6.07) is -0.476. The first-order valence-electron chi connectivity index (χ1n) is 8.61. The first-order chi connectivity index (χ1) is 12.4. The van der Waals surface area contributed by atoms with Gasteiger partial charge in [0.2, 0.25) is 17.7 Å². The van der Waals surface area contributed by atoms with E-state index in [1.807, 2.05) is 25.3 Å². The topological polar surface area (TPSA) is 87.7 Å². The lowest BCUT2D eigenvalue weighted by molar-refractivity contribution is -0.135. The monoisotopic (exact) mass is 381 g/mol. The van der Waals surface area contributed by atoms with Crippen molar-refractivity contribution in [3.8, 4) is 5.88 Å². The van der Waals surface area contributed by atoms with E-state index in [2.05, 4.69) is 15.3 Å². The van der Waals surface area contributed by atoms with Crippen LogP contribution < -0.4 is 15.0 Å². The lowest BCUT2D eigenvalue weighted by Gasteiger charge is -2.24. The molecule has 9 heteroatoms. The average molecular weight is 382 g/mol. The highest BCUT2D eigenvalue weighted by molar-refractivity contribution is 7.98. The van der Waals surface area contributed by atoms with E-state index in [0.29, 0.717) is 25.4 Å². The Balaban J connectivity index is 1.94. The van der Waals surface area contributed by atoms with E-state index in [-0.39, 0.29) is 17.9 Å². The molecule has 1 saturated heterocycles. The van der Waals surface area contributed by atoms with Gasteiger partial charge >= 0.3 is 0 Å². The summed E-state index contributed by atoms with van der Waals surface area (Å²) in [5, 5.41) is 2.76. The number of hydrogen-bond donors (Lipinski definition) is 1. The SMILES string of the molecule is CSCC[C@@H](NC(C)=O)C(=O)N1CC[C@@H](Oc2cncc(N(C)C)n2)C1. The second kappa shape index (κ2) is 9.61. The van der Waals surface area contributed by atoms with Gasteiger partial charge in [-0.15, -0.1) is 0 Å². The van der Waals surface area contributed by atoms with E-state index < -0.39 is 6.04 Å². The van der Waals surface area contributed by atoms with Gasteiger partial charge in [0.25, 0.3) is 0 Å². The normalized spacial score (nSPS) is 17.7. The molecule has 0 radical (unpaired) electrons. The number of nitrogens with zero attached hydrogens (tertiary/aromatic N) is 4. The lowest BCUT2D eigenvalue weighted by Crippen LogP contribution is -2.48. The molecule has 1 aliphatic heterocycles. The smallest absolute Gasteiger partial charge is 0.245 e. The third kappa shape index (κ3) is 5.76. The molecule has 2 amide bonds. The number of ether oxygens (including phenoxy) is 1. The Morgan fingerprint density at radius 3 is 2.88 bits per heavy atom. The first kappa shape index (κ1) is 20.3. The second-order valence-corrected chi connectivity index (χ2v) is 7.44. The fourth-order valence-electron chi connectivity index (χ4n) is 2.76. The van der Waals surface area contributed by atoms with Gasteiger partial charge in [0.05, 0.1) is 18.9 Å². The molecule has 0 unspecified atom stereocenters. The van der Waals surface area contributed by atoms with E-state index in [4.69, 9.17) is 4.74 Å². The van der Waals surface area contributed by atoms with Gasteiger partial charge < -0.3 is 19.9 Å². The quantitative estimate of drug-likeness (QED) is 0.712. The number of nitrogens with one attached hydrogen (secondary N) is 1. The molecule has 1 aromatic rings. The number of amides is 2. The predicted octanol–water partition coefficient (Wildman–Crippen LogP) is 0.780. The molecule has 1 fully saturated rings. The zero-order chi connectivity index (χ0) is 19.1. The average Bonchev–Trinajstić information content (AvgIpc) is 3.06. The molecule has 2 rings (SSSR count). The summed E-state index contributed by atoms with van der Waals surface area (Å²) in [7, 11) is 3.78. The van der Waals surface area contributed by atoms with E-state index in [9.17, 15) is 9.59 Å². The van der Waals surface area contributed by atoms with Crippen molar-refractivity contribution in [3.05, 3.63) is 12.4 Å². The largest absolute Gasteiger partial charge is 0.471 e.